The maximum atomic E-state index is 12.9. The monoisotopic (exact) mass is 424 g/mol. The fourth-order valence-electron chi connectivity index (χ4n) is 3.64. The summed E-state index contributed by atoms with van der Waals surface area (Å²) in [7, 11) is 1.80. The zero-order valence-electron chi connectivity index (χ0n) is 18.7. The van der Waals surface area contributed by atoms with Gasteiger partial charge in [0.05, 0.1) is 18.8 Å². The number of likely N-dealkylation sites (N-methyl/N-ethyl adjacent to an activating group) is 2. The Morgan fingerprint density at radius 3 is 2.55 bits per heavy atom. The molecular formula is C24H32N4O3. The van der Waals surface area contributed by atoms with Crippen molar-refractivity contribution in [3.05, 3.63) is 59.7 Å². The van der Waals surface area contributed by atoms with E-state index in [0.717, 1.165) is 30.1 Å². The van der Waals surface area contributed by atoms with Crippen LogP contribution in [0.2, 0.25) is 0 Å². The molecule has 1 aliphatic rings. The average molecular weight is 425 g/mol. The minimum Gasteiger partial charge on any atom is -0.485 e. The molecule has 7 heteroatoms. The summed E-state index contributed by atoms with van der Waals surface area (Å²) in [5.41, 5.74) is 2.65. The van der Waals surface area contributed by atoms with E-state index in [9.17, 15) is 9.59 Å². The van der Waals surface area contributed by atoms with Gasteiger partial charge in [-0.1, -0.05) is 24.3 Å². The van der Waals surface area contributed by atoms with Gasteiger partial charge in [-0.15, -0.1) is 0 Å². The predicted molar refractivity (Wildman–Crippen MR) is 123 cm³/mol. The molecule has 2 aromatic carbocycles. The minimum absolute atomic E-state index is 0.0532. The second-order valence-corrected chi connectivity index (χ2v) is 8.11. The van der Waals surface area contributed by atoms with Gasteiger partial charge in [0.15, 0.2) is 0 Å². The van der Waals surface area contributed by atoms with Gasteiger partial charge in [-0.25, -0.2) is 4.79 Å². The maximum absolute atomic E-state index is 12.9. The number of anilines is 1. The SMILES string of the molecule is CCN1C[C@@H](CN(C)C(=O)c2ccc(CNC(=O)NC(C)C)cc2)Oc2ccccc21. The first-order valence-electron chi connectivity index (χ1n) is 10.8. The van der Waals surface area contributed by atoms with Crippen LogP contribution in [-0.2, 0) is 6.54 Å². The molecule has 2 aromatic rings. The quantitative estimate of drug-likeness (QED) is 0.716. The molecule has 0 unspecified atom stereocenters. The van der Waals surface area contributed by atoms with Crippen molar-refractivity contribution in [2.75, 3.05) is 31.6 Å². The topological polar surface area (TPSA) is 73.9 Å². The van der Waals surface area contributed by atoms with E-state index in [4.69, 9.17) is 4.74 Å². The molecule has 0 saturated heterocycles. The lowest BCUT2D eigenvalue weighted by atomic mass is 10.1. The smallest absolute Gasteiger partial charge is 0.315 e. The summed E-state index contributed by atoms with van der Waals surface area (Å²) in [6.07, 6.45) is -0.0910. The van der Waals surface area contributed by atoms with Crippen molar-refractivity contribution in [1.29, 1.82) is 0 Å². The van der Waals surface area contributed by atoms with Crippen LogP contribution in [0.5, 0.6) is 5.75 Å². The first kappa shape index (κ1) is 22.5. The van der Waals surface area contributed by atoms with Gasteiger partial charge in [0.1, 0.15) is 11.9 Å². The summed E-state index contributed by atoms with van der Waals surface area (Å²) in [5.74, 6) is 0.808. The van der Waals surface area contributed by atoms with Crippen molar-refractivity contribution in [3.63, 3.8) is 0 Å². The van der Waals surface area contributed by atoms with Crippen LogP contribution in [0.15, 0.2) is 48.5 Å². The van der Waals surface area contributed by atoms with E-state index in [1.807, 2.05) is 44.2 Å². The van der Waals surface area contributed by atoms with Crippen molar-refractivity contribution >= 4 is 17.6 Å². The number of nitrogens with zero attached hydrogens (tertiary/aromatic N) is 2. The molecule has 1 aliphatic heterocycles. The molecule has 166 valence electrons. The molecule has 0 spiro atoms. The standard InChI is InChI=1S/C24H32N4O3/c1-5-28-16-20(31-22-9-7-6-8-21(22)28)15-27(4)23(29)19-12-10-18(11-13-19)14-25-24(30)26-17(2)3/h6-13,17,20H,5,14-16H2,1-4H3,(H2,25,26,30)/t20-/m1/s1. The lowest BCUT2D eigenvalue weighted by Gasteiger charge is -2.37. The van der Waals surface area contributed by atoms with E-state index < -0.39 is 0 Å². The van der Waals surface area contributed by atoms with Crippen LogP contribution in [0.1, 0.15) is 36.7 Å². The number of ether oxygens (including phenoxy) is 1. The summed E-state index contributed by atoms with van der Waals surface area (Å²) >= 11 is 0. The summed E-state index contributed by atoms with van der Waals surface area (Å²) in [6.45, 7) is 8.48. The molecule has 0 aromatic heterocycles. The van der Waals surface area contributed by atoms with Gasteiger partial charge in [-0.3, -0.25) is 4.79 Å². The Labute approximate surface area is 184 Å². The van der Waals surface area contributed by atoms with Crippen molar-refractivity contribution in [1.82, 2.24) is 15.5 Å². The highest BCUT2D eigenvalue weighted by molar-refractivity contribution is 5.94. The number of benzene rings is 2. The van der Waals surface area contributed by atoms with Gasteiger partial charge in [0.2, 0.25) is 0 Å². The first-order valence-corrected chi connectivity index (χ1v) is 10.8. The molecule has 3 rings (SSSR count). The number of nitrogens with one attached hydrogen (secondary N) is 2. The molecular weight excluding hydrogens is 392 g/mol. The maximum Gasteiger partial charge on any atom is 0.315 e. The Morgan fingerprint density at radius 1 is 1.16 bits per heavy atom. The molecule has 0 saturated carbocycles. The third kappa shape index (κ3) is 5.90. The fraction of sp³-hybridized carbons (Fsp3) is 0.417. The number of carbonyl (C=O) groups excluding carboxylic acids is 2. The first-order chi connectivity index (χ1) is 14.9. The van der Waals surface area contributed by atoms with Crippen molar-refractivity contribution in [2.45, 2.75) is 39.5 Å². The second kappa shape index (κ2) is 10.2. The molecule has 0 bridgehead atoms. The molecule has 7 nitrogen and oxygen atoms in total. The van der Waals surface area contributed by atoms with E-state index >= 15 is 0 Å². The van der Waals surface area contributed by atoms with Crippen LogP contribution in [0, 0.1) is 0 Å². The van der Waals surface area contributed by atoms with Gasteiger partial charge >= 0.3 is 6.03 Å². The highest BCUT2D eigenvalue weighted by Gasteiger charge is 2.27. The molecule has 2 N–H and O–H groups in total. The van der Waals surface area contributed by atoms with Crippen LogP contribution in [0.3, 0.4) is 0 Å². The molecule has 31 heavy (non-hydrogen) atoms. The number of carbonyl (C=O) groups is 2. The van der Waals surface area contributed by atoms with E-state index in [0.29, 0.717) is 18.7 Å². The number of rotatable bonds is 7. The summed E-state index contributed by atoms with van der Waals surface area (Å²) in [5, 5.41) is 5.59. The molecule has 1 heterocycles. The van der Waals surface area contributed by atoms with Crippen molar-refractivity contribution in [3.8, 4) is 5.75 Å². The number of para-hydroxylation sites is 2. The Hall–Kier alpha value is -3.22. The highest BCUT2D eigenvalue weighted by Crippen LogP contribution is 2.32. The van der Waals surface area contributed by atoms with Crippen LogP contribution in [0.25, 0.3) is 0 Å². The van der Waals surface area contributed by atoms with Gasteiger partial charge < -0.3 is 25.2 Å². The van der Waals surface area contributed by atoms with Gasteiger partial charge in [0, 0.05) is 31.7 Å². The van der Waals surface area contributed by atoms with Crippen molar-refractivity contribution in [2.24, 2.45) is 0 Å². The van der Waals surface area contributed by atoms with E-state index in [1.165, 1.54) is 0 Å². The third-order valence-electron chi connectivity index (χ3n) is 5.20. The second-order valence-electron chi connectivity index (χ2n) is 8.11. The Balaban J connectivity index is 1.56. The third-order valence-corrected chi connectivity index (χ3v) is 5.20. The fourth-order valence-corrected chi connectivity index (χ4v) is 3.64. The number of urea groups is 1. The zero-order chi connectivity index (χ0) is 22.4. The number of fused-ring (bicyclic) bond motifs is 1. The minimum atomic E-state index is -0.204. The van der Waals surface area contributed by atoms with E-state index in [1.54, 1.807) is 24.1 Å². The molecule has 0 aliphatic carbocycles. The number of hydrogen-bond acceptors (Lipinski definition) is 4. The highest BCUT2D eigenvalue weighted by atomic mass is 16.5. The van der Waals surface area contributed by atoms with Crippen molar-refractivity contribution < 1.29 is 14.3 Å². The molecule has 0 fully saturated rings. The van der Waals surface area contributed by atoms with E-state index in [2.05, 4.69) is 28.5 Å². The molecule has 0 radical (unpaired) electrons. The largest absolute Gasteiger partial charge is 0.485 e. The van der Waals surface area contributed by atoms with Crippen LogP contribution in [-0.4, -0.2) is 55.7 Å². The van der Waals surface area contributed by atoms with E-state index in [-0.39, 0.29) is 24.1 Å². The molecule has 1 atom stereocenters. The van der Waals surface area contributed by atoms with Gasteiger partial charge in [-0.05, 0) is 50.6 Å². The number of amides is 3. The van der Waals surface area contributed by atoms with Crippen LogP contribution in [0.4, 0.5) is 10.5 Å². The zero-order valence-corrected chi connectivity index (χ0v) is 18.7. The predicted octanol–water partition coefficient (Wildman–Crippen LogP) is 3.25. The Bertz CT molecular complexity index is 898. The van der Waals surface area contributed by atoms with Gasteiger partial charge in [0.25, 0.3) is 5.91 Å². The summed E-state index contributed by atoms with van der Waals surface area (Å²) < 4.78 is 6.14. The van der Waals surface area contributed by atoms with Gasteiger partial charge in [-0.2, -0.15) is 0 Å². The Kier molecular flexibility index (Phi) is 7.39. The average Bonchev–Trinajstić information content (AvgIpc) is 2.76. The summed E-state index contributed by atoms with van der Waals surface area (Å²) in [4.78, 5) is 28.6. The van der Waals surface area contributed by atoms with Crippen LogP contribution < -0.4 is 20.3 Å². The summed E-state index contributed by atoms with van der Waals surface area (Å²) in [6, 6.07) is 15.2. The number of hydrogen-bond donors (Lipinski definition) is 2. The van der Waals surface area contributed by atoms with Crippen LogP contribution >= 0.6 is 0 Å². The lowest BCUT2D eigenvalue weighted by molar-refractivity contribution is 0.0709. The lowest BCUT2D eigenvalue weighted by Crippen LogP contribution is -2.46. The Morgan fingerprint density at radius 2 is 1.87 bits per heavy atom. The normalized spacial score (nSPS) is 15.1. The molecule has 3 amide bonds.